The van der Waals surface area contributed by atoms with E-state index in [-0.39, 0.29) is 23.8 Å². The Morgan fingerprint density at radius 3 is 2.76 bits per heavy atom. The number of amides is 2. The molecule has 0 aromatic heterocycles. The summed E-state index contributed by atoms with van der Waals surface area (Å²) in [6.07, 6.45) is 3.57. The summed E-state index contributed by atoms with van der Waals surface area (Å²) in [6.45, 7) is 2.57. The lowest BCUT2D eigenvalue weighted by Crippen LogP contribution is -2.43. The van der Waals surface area contributed by atoms with Crippen molar-refractivity contribution in [3.8, 4) is 0 Å². The minimum atomic E-state index is -0.337. The Morgan fingerprint density at radius 2 is 2.05 bits per heavy atom. The average Bonchev–Trinajstić information content (AvgIpc) is 3.19. The van der Waals surface area contributed by atoms with E-state index in [4.69, 9.17) is 11.6 Å². The van der Waals surface area contributed by atoms with Gasteiger partial charge in [0.15, 0.2) is 0 Å². The molecule has 5 heteroatoms. The van der Waals surface area contributed by atoms with E-state index in [1.54, 1.807) is 11.0 Å². The van der Waals surface area contributed by atoms with Crippen LogP contribution in [0, 0.1) is 12.8 Å². The highest BCUT2D eigenvalue weighted by Gasteiger charge is 2.40. The van der Waals surface area contributed by atoms with Crippen LogP contribution in [0.1, 0.15) is 31.2 Å². The number of nitrogens with zero attached hydrogens (tertiary/aromatic N) is 1. The molecule has 1 saturated heterocycles. The zero-order chi connectivity index (χ0) is 15.0. The summed E-state index contributed by atoms with van der Waals surface area (Å²) in [5.41, 5.74) is 1.57. The largest absolute Gasteiger partial charge is 0.330 e. The first-order chi connectivity index (χ1) is 10.1. The fraction of sp³-hybridized carbons (Fsp3) is 0.500. The van der Waals surface area contributed by atoms with Crippen LogP contribution in [0.3, 0.4) is 0 Å². The summed E-state index contributed by atoms with van der Waals surface area (Å²) < 4.78 is 0. The van der Waals surface area contributed by atoms with Gasteiger partial charge in [-0.05, 0) is 50.3 Å². The predicted octanol–water partition coefficient (Wildman–Crippen LogP) is 2.99. The molecule has 0 spiro atoms. The number of hydrogen-bond acceptors (Lipinski definition) is 2. The smallest absolute Gasteiger partial charge is 0.247 e. The third kappa shape index (κ3) is 2.91. The number of rotatable bonds is 3. The van der Waals surface area contributed by atoms with Crippen molar-refractivity contribution in [2.45, 2.75) is 38.6 Å². The van der Waals surface area contributed by atoms with Crippen LogP contribution in [0.2, 0.25) is 5.02 Å². The molecule has 1 atom stereocenters. The number of carbonyl (C=O) groups excluding carboxylic acids is 2. The summed E-state index contributed by atoms with van der Waals surface area (Å²) >= 11 is 6.07. The van der Waals surface area contributed by atoms with E-state index in [1.807, 2.05) is 19.1 Å². The Kier molecular flexibility index (Phi) is 3.89. The van der Waals surface area contributed by atoms with Gasteiger partial charge in [0, 0.05) is 23.2 Å². The van der Waals surface area contributed by atoms with Crippen molar-refractivity contribution in [1.82, 2.24) is 4.90 Å². The minimum absolute atomic E-state index is 0.105. The van der Waals surface area contributed by atoms with Gasteiger partial charge in [-0.2, -0.15) is 0 Å². The van der Waals surface area contributed by atoms with Gasteiger partial charge in [0.25, 0.3) is 0 Å². The summed E-state index contributed by atoms with van der Waals surface area (Å²) in [6, 6.07) is 5.11. The second kappa shape index (κ2) is 5.68. The van der Waals surface area contributed by atoms with Crippen LogP contribution < -0.4 is 5.32 Å². The summed E-state index contributed by atoms with van der Waals surface area (Å²) in [7, 11) is 0. The van der Waals surface area contributed by atoms with Gasteiger partial charge in [0.2, 0.25) is 11.8 Å². The van der Waals surface area contributed by atoms with E-state index in [2.05, 4.69) is 5.32 Å². The van der Waals surface area contributed by atoms with Crippen molar-refractivity contribution in [2.75, 3.05) is 11.9 Å². The zero-order valence-corrected chi connectivity index (χ0v) is 12.8. The molecule has 2 fully saturated rings. The Balaban J connectivity index is 1.72. The van der Waals surface area contributed by atoms with Crippen molar-refractivity contribution in [3.63, 3.8) is 0 Å². The first-order valence-electron chi connectivity index (χ1n) is 7.44. The molecule has 1 unspecified atom stereocenters. The lowest BCUT2D eigenvalue weighted by atomic mass is 10.1. The van der Waals surface area contributed by atoms with E-state index in [9.17, 15) is 9.59 Å². The molecule has 2 amide bonds. The van der Waals surface area contributed by atoms with Crippen molar-refractivity contribution in [3.05, 3.63) is 28.8 Å². The normalized spacial score (nSPS) is 21.4. The Bertz CT molecular complexity index is 584. The maximum Gasteiger partial charge on any atom is 0.247 e. The molecule has 0 radical (unpaired) electrons. The predicted molar refractivity (Wildman–Crippen MR) is 82.3 cm³/mol. The van der Waals surface area contributed by atoms with Crippen molar-refractivity contribution < 1.29 is 9.59 Å². The van der Waals surface area contributed by atoms with Crippen LogP contribution in [0.5, 0.6) is 0 Å². The van der Waals surface area contributed by atoms with E-state index < -0.39 is 0 Å². The monoisotopic (exact) mass is 306 g/mol. The molecule has 1 aliphatic heterocycles. The molecule has 4 nitrogen and oxygen atoms in total. The van der Waals surface area contributed by atoms with Crippen LogP contribution in [-0.2, 0) is 9.59 Å². The number of hydrogen-bond donors (Lipinski definition) is 1. The molecular formula is C16H19ClN2O2. The molecule has 1 aromatic rings. The van der Waals surface area contributed by atoms with Crippen LogP contribution in [0.15, 0.2) is 18.2 Å². The number of nitrogens with one attached hydrogen (secondary N) is 1. The Hall–Kier alpha value is -1.55. The second-order valence-electron chi connectivity index (χ2n) is 5.87. The van der Waals surface area contributed by atoms with E-state index in [1.165, 1.54) is 0 Å². The highest BCUT2D eigenvalue weighted by atomic mass is 35.5. The molecule has 2 aliphatic rings. The van der Waals surface area contributed by atoms with Gasteiger partial charge in [0.05, 0.1) is 0 Å². The van der Waals surface area contributed by atoms with Gasteiger partial charge in [-0.25, -0.2) is 0 Å². The fourth-order valence-electron chi connectivity index (χ4n) is 2.83. The lowest BCUT2D eigenvalue weighted by Gasteiger charge is -2.24. The Labute approximate surface area is 129 Å². The standard InChI is InChI=1S/C16H19ClN2O2/c1-10-12(17)4-2-5-13(10)18-15(20)14-6-3-9-19(14)16(21)11-7-8-11/h2,4-5,11,14H,3,6-9H2,1H3,(H,18,20). The minimum Gasteiger partial charge on any atom is -0.330 e. The van der Waals surface area contributed by atoms with Crippen LogP contribution >= 0.6 is 11.6 Å². The van der Waals surface area contributed by atoms with Crippen LogP contribution in [-0.4, -0.2) is 29.3 Å². The first-order valence-corrected chi connectivity index (χ1v) is 7.82. The summed E-state index contributed by atoms with van der Waals surface area (Å²) in [5.74, 6) is 0.202. The van der Waals surface area contributed by atoms with Gasteiger partial charge in [-0.15, -0.1) is 0 Å². The SMILES string of the molecule is Cc1c(Cl)cccc1NC(=O)C1CCCN1C(=O)C1CC1. The number of likely N-dealkylation sites (tertiary alicyclic amines) is 1. The third-order valence-corrected chi connectivity index (χ3v) is 4.70. The zero-order valence-electron chi connectivity index (χ0n) is 12.1. The lowest BCUT2D eigenvalue weighted by molar-refractivity contribution is -0.137. The summed E-state index contributed by atoms with van der Waals surface area (Å²) in [5, 5.41) is 3.55. The van der Waals surface area contributed by atoms with E-state index in [0.29, 0.717) is 11.6 Å². The van der Waals surface area contributed by atoms with E-state index in [0.717, 1.165) is 36.9 Å². The molecule has 21 heavy (non-hydrogen) atoms. The molecule has 112 valence electrons. The quantitative estimate of drug-likeness (QED) is 0.933. The molecule has 1 aromatic carbocycles. The fourth-order valence-corrected chi connectivity index (χ4v) is 3.00. The number of carbonyl (C=O) groups is 2. The summed E-state index contributed by atoms with van der Waals surface area (Å²) in [4.78, 5) is 26.5. The second-order valence-corrected chi connectivity index (χ2v) is 6.27. The molecular weight excluding hydrogens is 288 g/mol. The number of benzene rings is 1. The van der Waals surface area contributed by atoms with E-state index >= 15 is 0 Å². The molecule has 0 bridgehead atoms. The number of halogens is 1. The van der Waals surface area contributed by atoms with Gasteiger partial charge >= 0.3 is 0 Å². The maximum absolute atomic E-state index is 12.5. The van der Waals surface area contributed by atoms with Crippen molar-refractivity contribution >= 4 is 29.1 Å². The molecule has 3 rings (SSSR count). The molecule has 1 heterocycles. The molecule has 1 saturated carbocycles. The first kappa shape index (κ1) is 14.4. The highest BCUT2D eigenvalue weighted by Crippen LogP contribution is 2.34. The van der Waals surface area contributed by atoms with Gasteiger partial charge in [-0.3, -0.25) is 9.59 Å². The van der Waals surface area contributed by atoms with Crippen molar-refractivity contribution in [1.29, 1.82) is 0 Å². The molecule has 1 aliphatic carbocycles. The average molecular weight is 307 g/mol. The molecule has 1 N–H and O–H groups in total. The van der Waals surface area contributed by atoms with Crippen LogP contribution in [0.25, 0.3) is 0 Å². The third-order valence-electron chi connectivity index (χ3n) is 4.29. The van der Waals surface area contributed by atoms with Crippen molar-refractivity contribution in [2.24, 2.45) is 5.92 Å². The van der Waals surface area contributed by atoms with Crippen LogP contribution in [0.4, 0.5) is 5.69 Å². The van der Waals surface area contributed by atoms with Gasteiger partial charge in [-0.1, -0.05) is 17.7 Å². The van der Waals surface area contributed by atoms with Gasteiger partial charge < -0.3 is 10.2 Å². The number of anilines is 1. The Morgan fingerprint density at radius 1 is 1.29 bits per heavy atom. The van der Waals surface area contributed by atoms with Gasteiger partial charge in [0.1, 0.15) is 6.04 Å². The maximum atomic E-state index is 12.5. The topological polar surface area (TPSA) is 49.4 Å². The highest BCUT2D eigenvalue weighted by molar-refractivity contribution is 6.31.